The third-order valence-electron chi connectivity index (χ3n) is 5.43. The average Bonchev–Trinajstić information content (AvgIpc) is 2.84. The Labute approximate surface area is 209 Å². The second kappa shape index (κ2) is 12.0. The molecule has 0 aliphatic rings. The molecule has 35 heavy (non-hydrogen) atoms. The number of unbranched alkanes of at least 4 members (excludes halogenated alkanes) is 1. The second-order valence-electron chi connectivity index (χ2n) is 8.03. The summed E-state index contributed by atoms with van der Waals surface area (Å²) >= 11 is 5.48. The molecule has 1 unspecified atom stereocenters. The van der Waals surface area contributed by atoms with Crippen LogP contribution < -0.4 is 21.1 Å². The van der Waals surface area contributed by atoms with E-state index in [-0.39, 0.29) is 11.6 Å². The predicted molar refractivity (Wildman–Crippen MR) is 140 cm³/mol. The molecule has 3 aromatic carbocycles. The Bertz CT molecular complexity index is 1260. The maximum absolute atomic E-state index is 14.4. The number of nitriles is 1. The number of primary amides is 1. The number of carbonyl (C=O) groups excluding carboxylic acids is 1. The Hall–Kier alpha value is -3.96. The lowest BCUT2D eigenvalue weighted by Gasteiger charge is -2.19. The summed E-state index contributed by atoms with van der Waals surface area (Å²) in [6.45, 7) is 4.55. The lowest BCUT2D eigenvalue weighted by Crippen LogP contribution is -2.30. The lowest BCUT2D eigenvalue weighted by molar-refractivity contribution is 0.0996. The summed E-state index contributed by atoms with van der Waals surface area (Å²) in [6, 6.07) is 19.1. The highest BCUT2D eigenvalue weighted by Crippen LogP contribution is 2.34. The highest BCUT2D eigenvalue weighted by atomic mass is 32.1. The van der Waals surface area contributed by atoms with Gasteiger partial charge in [-0.15, -0.1) is 0 Å². The SMILES string of the molecule is CCCCOc1cc(NC(=S)NC(C)c2ccc(C#N)cc2)ccc1-c1ccc(C(N)=O)c(F)c1. The van der Waals surface area contributed by atoms with Gasteiger partial charge in [0.25, 0.3) is 5.91 Å². The van der Waals surface area contributed by atoms with E-state index >= 15 is 0 Å². The minimum atomic E-state index is -0.815. The fourth-order valence-corrected chi connectivity index (χ4v) is 3.76. The van der Waals surface area contributed by atoms with E-state index in [1.807, 2.05) is 37.3 Å². The van der Waals surface area contributed by atoms with Crippen LogP contribution in [0.15, 0.2) is 60.7 Å². The van der Waals surface area contributed by atoms with Crippen molar-refractivity contribution in [2.24, 2.45) is 5.73 Å². The van der Waals surface area contributed by atoms with E-state index in [1.165, 1.54) is 12.1 Å². The van der Waals surface area contributed by atoms with Crippen LogP contribution in [0, 0.1) is 17.1 Å². The molecule has 1 atom stereocenters. The van der Waals surface area contributed by atoms with Crippen molar-refractivity contribution in [2.75, 3.05) is 11.9 Å². The molecule has 3 rings (SSSR count). The van der Waals surface area contributed by atoms with Gasteiger partial charge < -0.3 is 21.1 Å². The average molecular weight is 491 g/mol. The van der Waals surface area contributed by atoms with Crippen molar-refractivity contribution < 1.29 is 13.9 Å². The van der Waals surface area contributed by atoms with E-state index in [1.54, 1.807) is 18.2 Å². The highest BCUT2D eigenvalue weighted by Gasteiger charge is 2.14. The zero-order valence-electron chi connectivity index (χ0n) is 19.6. The molecule has 4 N–H and O–H groups in total. The lowest BCUT2D eigenvalue weighted by atomic mass is 10.0. The zero-order chi connectivity index (χ0) is 25.4. The number of anilines is 1. The number of hydrogen-bond acceptors (Lipinski definition) is 4. The van der Waals surface area contributed by atoms with Crippen LogP contribution in [0.5, 0.6) is 5.75 Å². The van der Waals surface area contributed by atoms with Gasteiger partial charge in [0.1, 0.15) is 11.6 Å². The molecule has 0 aliphatic heterocycles. The molecule has 6 nitrogen and oxygen atoms in total. The minimum Gasteiger partial charge on any atom is -0.493 e. The summed E-state index contributed by atoms with van der Waals surface area (Å²) in [5, 5.41) is 15.8. The molecule has 3 aromatic rings. The van der Waals surface area contributed by atoms with Gasteiger partial charge in [0.05, 0.1) is 29.8 Å². The van der Waals surface area contributed by atoms with Crippen LogP contribution in [-0.2, 0) is 0 Å². The number of halogens is 1. The topological polar surface area (TPSA) is 100 Å². The van der Waals surface area contributed by atoms with Crippen LogP contribution in [0.2, 0.25) is 0 Å². The molecule has 0 saturated heterocycles. The van der Waals surface area contributed by atoms with Gasteiger partial charge in [0.15, 0.2) is 5.11 Å². The number of benzene rings is 3. The molecule has 0 saturated carbocycles. The normalized spacial score (nSPS) is 11.3. The fraction of sp³-hybridized carbons (Fsp3) is 0.222. The van der Waals surface area contributed by atoms with Gasteiger partial charge in [-0.1, -0.05) is 31.5 Å². The molecular formula is C27H27FN4O2S. The van der Waals surface area contributed by atoms with E-state index in [4.69, 9.17) is 28.0 Å². The Morgan fingerprint density at radius 3 is 2.54 bits per heavy atom. The van der Waals surface area contributed by atoms with Crippen molar-refractivity contribution >= 4 is 28.9 Å². The first kappa shape index (κ1) is 25.7. The van der Waals surface area contributed by atoms with Crippen LogP contribution in [0.1, 0.15) is 54.2 Å². The largest absolute Gasteiger partial charge is 0.493 e. The quantitative estimate of drug-likeness (QED) is 0.263. The first-order valence-electron chi connectivity index (χ1n) is 11.3. The van der Waals surface area contributed by atoms with Gasteiger partial charge in [-0.05, 0) is 73.1 Å². The highest BCUT2D eigenvalue weighted by molar-refractivity contribution is 7.80. The number of nitrogens with two attached hydrogens (primary N) is 1. The number of nitrogens with zero attached hydrogens (tertiary/aromatic N) is 1. The maximum Gasteiger partial charge on any atom is 0.251 e. The number of carbonyl (C=O) groups is 1. The first-order valence-corrected chi connectivity index (χ1v) is 11.7. The van der Waals surface area contributed by atoms with Gasteiger partial charge >= 0.3 is 0 Å². The van der Waals surface area contributed by atoms with E-state index in [0.717, 1.165) is 18.4 Å². The molecule has 8 heteroatoms. The standard InChI is InChI=1S/C27H27FN4O2S/c1-3-4-13-34-25-15-21(10-12-22(25)20-9-11-23(26(30)33)24(28)14-20)32-27(35)31-17(2)19-7-5-18(16-29)6-8-19/h5-12,14-15,17H,3-4,13H2,1-2H3,(H2,30,33)(H2,31,32,35). The fourth-order valence-electron chi connectivity index (χ4n) is 3.46. The van der Waals surface area contributed by atoms with Crippen LogP contribution >= 0.6 is 12.2 Å². The van der Waals surface area contributed by atoms with Crippen molar-refractivity contribution in [3.63, 3.8) is 0 Å². The number of ether oxygens (including phenoxy) is 1. The van der Waals surface area contributed by atoms with Gasteiger partial charge in [0.2, 0.25) is 0 Å². The third kappa shape index (κ3) is 6.78. The molecule has 1 amide bonds. The van der Waals surface area contributed by atoms with Crippen molar-refractivity contribution in [1.29, 1.82) is 5.26 Å². The number of thiocarbonyl (C=S) groups is 1. The number of hydrogen-bond donors (Lipinski definition) is 3. The number of nitrogens with one attached hydrogen (secondary N) is 2. The second-order valence-corrected chi connectivity index (χ2v) is 8.43. The third-order valence-corrected chi connectivity index (χ3v) is 5.65. The molecule has 0 radical (unpaired) electrons. The molecule has 0 heterocycles. The summed E-state index contributed by atoms with van der Waals surface area (Å²) in [6.07, 6.45) is 1.84. The van der Waals surface area contributed by atoms with Crippen molar-refractivity contribution in [2.45, 2.75) is 32.7 Å². The Morgan fingerprint density at radius 1 is 1.17 bits per heavy atom. The molecule has 180 valence electrons. The van der Waals surface area contributed by atoms with Crippen LogP contribution in [-0.4, -0.2) is 17.6 Å². The summed E-state index contributed by atoms with van der Waals surface area (Å²) < 4.78 is 20.4. The smallest absolute Gasteiger partial charge is 0.251 e. The molecule has 0 aliphatic carbocycles. The van der Waals surface area contributed by atoms with E-state index in [9.17, 15) is 9.18 Å². The summed E-state index contributed by atoms with van der Waals surface area (Å²) in [7, 11) is 0. The van der Waals surface area contributed by atoms with Crippen molar-refractivity contribution in [1.82, 2.24) is 5.32 Å². The Balaban J connectivity index is 1.79. The summed E-state index contributed by atoms with van der Waals surface area (Å²) in [5.74, 6) is -0.930. The van der Waals surface area contributed by atoms with Crippen LogP contribution in [0.25, 0.3) is 11.1 Å². The van der Waals surface area contributed by atoms with E-state index in [2.05, 4.69) is 23.6 Å². The zero-order valence-corrected chi connectivity index (χ0v) is 20.4. The molecule has 0 fully saturated rings. The van der Waals surface area contributed by atoms with E-state index < -0.39 is 11.7 Å². The van der Waals surface area contributed by atoms with Crippen molar-refractivity contribution in [3.8, 4) is 22.9 Å². The number of amides is 1. The van der Waals surface area contributed by atoms with Crippen LogP contribution in [0.3, 0.4) is 0 Å². The van der Waals surface area contributed by atoms with Gasteiger partial charge in [-0.3, -0.25) is 4.79 Å². The first-order chi connectivity index (χ1) is 16.8. The minimum absolute atomic E-state index is 0.0750. The van der Waals surface area contributed by atoms with Crippen molar-refractivity contribution in [3.05, 3.63) is 83.2 Å². The molecule has 0 aromatic heterocycles. The molecule has 0 bridgehead atoms. The summed E-state index contributed by atoms with van der Waals surface area (Å²) in [4.78, 5) is 11.4. The Morgan fingerprint density at radius 2 is 1.91 bits per heavy atom. The van der Waals surface area contributed by atoms with E-state index in [0.29, 0.717) is 39.8 Å². The predicted octanol–water partition coefficient (Wildman–Crippen LogP) is 5.69. The summed E-state index contributed by atoms with van der Waals surface area (Å²) in [5.41, 5.74) is 8.62. The molecular weight excluding hydrogens is 463 g/mol. The maximum atomic E-state index is 14.4. The number of rotatable bonds is 9. The van der Waals surface area contributed by atoms with Gasteiger partial charge in [-0.25, -0.2) is 4.39 Å². The van der Waals surface area contributed by atoms with Gasteiger partial charge in [-0.2, -0.15) is 5.26 Å². The van der Waals surface area contributed by atoms with Gasteiger partial charge in [0, 0.05) is 17.3 Å². The van der Waals surface area contributed by atoms with Crippen LogP contribution in [0.4, 0.5) is 10.1 Å². The Kier molecular flexibility index (Phi) is 8.76. The monoisotopic (exact) mass is 490 g/mol. The molecule has 0 spiro atoms.